The molecule has 5 nitrogen and oxygen atoms in total. The Morgan fingerprint density at radius 2 is 1.83 bits per heavy atom. The second-order valence-corrected chi connectivity index (χ2v) is 8.04. The average molecular weight is 457 g/mol. The zero-order chi connectivity index (χ0) is 16.6. The van der Waals surface area contributed by atoms with Gasteiger partial charge in [0.2, 0.25) is 0 Å². The number of hydrogen-bond donors (Lipinski definition) is 2. The predicted octanol–water partition coefficient (Wildman–Crippen LogP) is 3.84. The van der Waals surface area contributed by atoms with Crippen LogP contribution in [0.1, 0.15) is 20.0 Å². The molecule has 1 aromatic carbocycles. The van der Waals surface area contributed by atoms with Crippen LogP contribution in [0.2, 0.25) is 0 Å². The average Bonchev–Trinajstić information content (AvgIpc) is 3.06. The van der Waals surface area contributed by atoms with Crippen LogP contribution in [-0.2, 0) is 7.05 Å². The van der Waals surface area contributed by atoms with E-state index in [1.54, 1.807) is 12.3 Å². The second kappa shape index (κ2) is 6.46. The molecule has 3 rings (SSSR count). The highest BCUT2D eigenvalue weighted by Crippen LogP contribution is 2.32. The van der Waals surface area contributed by atoms with Gasteiger partial charge in [0.25, 0.3) is 11.8 Å². The summed E-state index contributed by atoms with van der Waals surface area (Å²) in [6, 6.07) is 9.29. The van der Waals surface area contributed by atoms with Crippen LogP contribution in [0.5, 0.6) is 0 Å². The molecule has 2 amide bonds. The van der Waals surface area contributed by atoms with Gasteiger partial charge in [-0.2, -0.15) is 0 Å². The Labute approximate surface area is 152 Å². The van der Waals surface area contributed by atoms with Gasteiger partial charge in [-0.25, -0.2) is 0 Å². The van der Waals surface area contributed by atoms with Crippen molar-refractivity contribution in [2.24, 2.45) is 7.05 Å². The Kier molecular flexibility index (Phi) is 4.56. The van der Waals surface area contributed by atoms with Crippen molar-refractivity contribution in [1.82, 2.24) is 15.4 Å². The zero-order valence-corrected chi connectivity index (χ0v) is 15.9. The van der Waals surface area contributed by atoms with E-state index in [0.29, 0.717) is 10.4 Å². The molecule has 0 unspecified atom stereocenters. The maximum absolute atomic E-state index is 12.3. The van der Waals surface area contributed by atoms with Gasteiger partial charge >= 0.3 is 0 Å². The fraction of sp³-hybridized carbons (Fsp3) is 0.0667. The molecule has 23 heavy (non-hydrogen) atoms. The van der Waals surface area contributed by atoms with Crippen LogP contribution in [0.25, 0.3) is 10.9 Å². The molecule has 0 aliphatic carbocycles. The first-order valence-corrected chi connectivity index (χ1v) is 8.97. The summed E-state index contributed by atoms with van der Waals surface area (Å²) < 4.78 is 3.50. The van der Waals surface area contributed by atoms with Crippen molar-refractivity contribution < 1.29 is 9.59 Å². The minimum Gasteiger partial charge on any atom is -0.350 e. The standard InChI is InChI=1S/C15H11Br2N3O2S/c1-20-7-9(8-4-2-3-5-11(8)20)14(21)18-19-15(22)12-6-10(16)13(17)23-12/h2-7H,1H3,(H,18,21)(H,19,22). The fourth-order valence-electron chi connectivity index (χ4n) is 2.22. The molecule has 2 aromatic heterocycles. The van der Waals surface area contributed by atoms with Crippen molar-refractivity contribution >= 4 is 65.9 Å². The van der Waals surface area contributed by atoms with E-state index >= 15 is 0 Å². The van der Waals surface area contributed by atoms with Crippen molar-refractivity contribution in [3.8, 4) is 0 Å². The van der Waals surface area contributed by atoms with Crippen LogP contribution in [0.3, 0.4) is 0 Å². The minimum absolute atomic E-state index is 0.357. The smallest absolute Gasteiger partial charge is 0.279 e. The highest BCUT2D eigenvalue weighted by Gasteiger charge is 2.16. The summed E-state index contributed by atoms with van der Waals surface area (Å²) in [4.78, 5) is 24.9. The summed E-state index contributed by atoms with van der Waals surface area (Å²) in [6.45, 7) is 0. The Morgan fingerprint density at radius 1 is 1.13 bits per heavy atom. The normalized spacial score (nSPS) is 10.7. The highest BCUT2D eigenvalue weighted by atomic mass is 79.9. The SMILES string of the molecule is Cn1cc(C(=O)NNC(=O)c2cc(Br)c(Br)s2)c2ccccc21. The second-order valence-electron chi connectivity index (χ2n) is 4.81. The lowest BCUT2D eigenvalue weighted by atomic mass is 10.2. The lowest BCUT2D eigenvalue weighted by Crippen LogP contribution is -2.41. The molecule has 0 radical (unpaired) electrons. The van der Waals surface area contributed by atoms with Gasteiger partial charge in [-0.3, -0.25) is 20.4 Å². The maximum Gasteiger partial charge on any atom is 0.279 e. The zero-order valence-electron chi connectivity index (χ0n) is 11.9. The summed E-state index contributed by atoms with van der Waals surface area (Å²) in [5.74, 6) is -0.722. The highest BCUT2D eigenvalue weighted by molar-refractivity contribution is 9.13. The van der Waals surface area contributed by atoms with E-state index in [2.05, 4.69) is 42.7 Å². The number of hydrazine groups is 1. The van der Waals surface area contributed by atoms with Crippen LogP contribution in [0, 0.1) is 0 Å². The van der Waals surface area contributed by atoms with Crippen LogP contribution >= 0.6 is 43.2 Å². The van der Waals surface area contributed by atoms with E-state index in [4.69, 9.17) is 0 Å². The first-order valence-electron chi connectivity index (χ1n) is 6.57. The number of carbonyl (C=O) groups is 2. The van der Waals surface area contributed by atoms with Crippen molar-refractivity contribution in [3.63, 3.8) is 0 Å². The number of nitrogens with one attached hydrogen (secondary N) is 2. The number of nitrogens with zero attached hydrogens (tertiary/aromatic N) is 1. The summed E-state index contributed by atoms with van der Waals surface area (Å²) in [7, 11) is 1.87. The number of carbonyl (C=O) groups excluding carboxylic acids is 2. The molecule has 0 fully saturated rings. The van der Waals surface area contributed by atoms with Crippen LogP contribution in [0.4, 0.5) is 0 Å². The molecule has 0 bridgehead atoms. The van der Waals surface area contributed by atoms with Gasteiger partial charge in [0, 0.05) is 28.6 Å². The quantitative estimate of drug-likeness (QED) is 0.575. The Hall–Kier alpha value is -1.64. The first kappa shape index (κ1) is 16.2. The van der Waals surface area contributed by atoms with Gasteiger partial charge in [0.1, 0.15) is 0 Å². The third-order valence-corrected chi connectivity index (χ3v) is 6.56. The summed E-state index contributed by atoms with van der Waals surface area (Å²) >= 11 is 7.94. The lowest BCUT2D eigenvalue weighted by molar-refractivity contribution is 0.0849. The van der Waals surface area contributed by atoms with Gasteiger partial charge in [-0.15, -0.1) is 11.3 Å². The van der Waals surface area contributed by atoms with Crippen molar-refractivity contribution in [3.05, 3.63) is 55.2 Å². The topological polar surface area (TPSA) is 63.1 Å². The number of aromatic nitrogens is 1. The van der Waals surface area contributed by atoms with Crippen molar-refractivity contribution in [2.45, 2.75) is 0 Å². The molecule has 2 N–H and O–H groups in total. The molecule has 8 heteroatoms. The molecule has 0 aliphatic heterocycles. The third-order valence-electron chi connectivity index (χ3n) is 3.30. The molecule has 0 spiro atoms. The number of amides is 2. The summed E-state index contributed by atoms with van der Waals surface area (Å²) in [5.41, 5.74) is 6.35. The Balaban J connectivity index is 1.75. The van der Waals surface area contributed by atoms with Gasteiger partial charge in [0.15, 0.2) is 0 Å². The number of hydrogen-bond acceptors (Lipinski definition) is 3. The van der Waals surface area contributed by atoms with E-state index in [1.165, 1.54) is 11.3 Å². The molecule has 0 aliphatic rings. The molecule has 0 saturated heterocycles. The number of aryl methyl sites for hydroxylation is 1. The van der Waals surface area contributed by atoms with Gasteiger partial charge in [0.05, 0.1) is 14.2 Å². The predicted molar refractivity (Wildman–Crippen MR) is 97.6 cm³/mol. The Morgan fingerprint density at radius 3 is 2.52 bits per heavy atom. The van der Waals surface area contributed by atoms with Gasteiger partial charge in [-0.05, 0) is 44.0 Å². The van der Waals surface area contributed by atoms with E-state index in [9.17, 15) is 9.59 Å². The van der Waals surface area contributed by atoms with E-state index in [0.717, 1.165) is 19.2 Å². The monoisotopic (exact) mass is 455 g/mol. The number of fused-ring (bicyclic) bond motifs is 1. The van der Waals surface area contributed by atoms with E-state index in [-0.39, 0.29) is 11.8 Å². The third kappa shape index (κ3) is 3.19. The molecule has 3 aromatic rings. The number of benzene rings is 1. The van der Waals surface area contributed by atoms with Crippen molar-refractivity contribution in [2.75, 3.05) is 0 Å². The fourth-order valence-corrected chi connectivity index (χ4v) is 4.15. The summed E-state index contributed by atoms with van der Waals surface area (Å²) in [5, 5.41) is 0.836. The number of thiophene rings is 1. The number of halogens is 2. The van der Waals surface area contributed by atoms with Crippen molar-refractivity contribution in [1.29, 1.82) is 0 Å². The minimum atomic E-state index is -0.366. The maximum atomic E-state index is 12.3. The van der Waals surface area contributed by atoms with Crippen LogP contribution in [0.15, 0.2) is 44.8 Å². The molecule has 0 atom stereocenters. The first-order chi connectivity index (χ1) is 11.0. The Bertz CT molecular complexity index is 897. The van der Waals surface area contributed by atoms with Crippen LogP contribution in [-0.4, -0.2) is 16.4 Å². The van der Waals surface area contributed by atoms with E-state index in [1.807, 2.05) is 35.9 Å². The van der Waals surface area contributed by atoms with E-state index < -0.39 is 0 Å². The van der Waals surface area contributed by atoms with Crippen LogP contribution < -0.4 is 10.9 Å². The molecular formula is C15H11Br2N3O2S. The summed E-state index contributed by atoms with van der Waals surface area (Å²) in [6.07, 6.45) is 1.74. The molecule has 0 saturated carbocycles. The molecule has 2 heterocycles. The molecule has 118 valence electrons. The van der Waals surface area contributed by atoms with Gasteiger partial charge < -0.3 is 4.57 Å². The van der Waals surface area contributed by atoms with Gasteiger partial charge in [-0.1, -0.05) is 18.2 Å². The number of para-hydroxylation sites is 1. The lowest BCUT2D eigenvalue weighted by Gasteiger charge is -2.05. The molecular weight excluding hydrogens is 446 g/mol. The largest absolute Gasteiger partial charge is 0.350 e. The number of rotatable bonds is 2.